The highest BCUT2D eigenvalue weighted by molar-refractivity contribution is 5.60. The second-order valence-electron chi connectivity index (χ2n) is 4.42. The highest BCUT2D eigenvalue weighted by Crippen LogP contribution is 2.23. The van der Waals surface area contributed by atoms with Crippen molar-refractivity contribution in [1.82, 2.24) is 9.78 Å². The summed E-state index contributed by atoms with van der Waals surface area (Å²) in [5.74, 6) is 0. The van der Waals surface area contributed by atoms with Gasteiger partial charge in [0.2, 0.25) is 0 Å². The zero-order valence-electron chi connectivity index (χ0n) is 10.5. The average molecular weight is 230 g/mol. The molecule has 4 heteroatoms. The van der Waals surface area contributed by atoms with Crippen LogP contribution in [0.25, 0.3) is 0 Å². The quantitative estimate of drug-likeness (QED) is 0.820. The number of anilines is 2. The van der Waals surface area contributed by atoms with Crippen LogP contribution >= 0.6 is 0 Å². The molecular formula is C13H18N4. The van der Waals surface area contributed by atoms with Gasteiger partial charge in [0.05, 0.1) is 6.20 Å². The molecule has 0 unspecified atom stereocenters. The largest absolute Gasteiger partial charge is 0.399 e. The van der Waals surface area contributed by atoms with Gasteiger partial charge in [0, 0.05) is 43.8 Å². The zero-order valence-corrected chi connectivity index (χ0v) is 10.5. The van der Waals surface area contributed by atoms with Gasteiger partial charge >= 0.3 is 0 Å². The molecule has 1 aromatic heterocycles. The first-order valence-corrected chi connectivity index (χ1v) is 5.61. The normalized spacial score (nSPS) is 10.5. The van der Waals surface area contributed by atoms with E-state index in [1.54, 1.807) is 0 Å². The monoisotopic (exact) mass is 230 g/mol. The van der Waals surface area contributed by atoms with E-state index in [4.69, 9.17) is 5.73 Å². The molecule has 1 heterocycles. The summed E-state index contributed by atoms with van der Waals surface area (Å²) < 4.78 is 1.81. The van der Waals surface area contributed by atoms with E-state index < -0.39 is 0 Å². The highest BCUT2D eigenvalue weighted by atomic mass is 15.2. The highest BCUT2D eigenvalue weighted by Gasteiger charge is 2.06. The van der Waals surface area contributed by atoms with Crippen LogP contribution in [0.5, 0.6) is 0 Å². The molecule has 0 aliphatic carbocycles. The molecule has 0 spiro atoms. The molecule has 0 aliphatic rings. The zero-order chi connectivity index (χ0) is 12.4. The fourth-order valence-corrected chi connectivity index (χ4v) is 1.95. The molecule has 2 aromatic rings. The van der Waals surface area contributed by atoms with Crippen molar-refractivity contribution in [2.45, 2.75) is 13.5 Å². The summed E-state index contributed by atoms with van der Waals surface area (Å²) in [4.78, 5) is 2.18. The van der Waals surface area contributed by atoms with E-state index in [-0.39, 0.29) is 0 Å². The Labute approximate surface area is 102 Å². The van der Waals surface area contributed by atoms with Gasteiger partial charge in [-0.1, -0.05) is 6.07 Å². The maximum Gasteiger partial charge on any atom is 0.0539 e. The number of nitrogens with zero attached hydrogens (tertiary/aromatic N) is 3. The number of nitrogen functional groups attached to an aromatic ring is 1. The lowest BCUT2D eigenvalue weighted by molar-refractivity contribution is 0.766. The third-order valence-corrected chi connectivity index (χ3v) is 2.82. The number of benzene rings is 1. The topological polar surface area (TPSA) is 47.1 Å². The lowest BCUT2D eigenvalue weighted by atomic mass is 10.1. The van der Waals surface area contributed by atoms with Crippen molar-refractivity contribution in [3.63, 3.8) is 0 Å². The van der Waals surface area contributed by atoms with Gasteiger partial charge in [0.15, 0.2) is 0 Å². The molecule has 2 N–H and O–H groups in total. The van der Waals surface area contributed by atoms with E-state index in [0.29, 0.717) is 0 Å². The van der Waals surface area contributed by atoms with Crippen LogP contribution in [0.3, 0.4) is 0 Å². The first kappa shape index (κ1) is 11.5. The van der Waals surface area contributed by atoms with Gasteiger partial charge in [-0.05, 0) is 24.6 Å². The number of aromatic nitrogens is 2. The van der Waals surface area contributed by atoms with Gasteiger partial charge < -0.3 is 10.6 Å². The Morgan fingerprint density at radius 1 is 1.41 bits per heavy atom. The summed E-state index contributed by atoms with van der Waals surface area (Å²) in [6.07, 6.45) is 3.91. The van der Waals surface area contributed by atoms with Gasteiger partial charge in [-0.25, -0.2) is 0 Å². The molecule has 0 saturated heterocycles. The van der Waals surface area contributed by atoms with Gasteiger partial charge in [0.1, 0.15) is 0 Å². The van der Waals surface area contributed by atoms with E-state index in [0.717, 1.165) is 17.9 Å². The molecule has 90 valence electrons. The minimum absolute atomic E-state index is 0.795. The van der Waals surface area contributed by atoms with E-state index in [2.05, 4.69) is 24.0 Å². The second-order valence-corrected chi connectivity index (χ2v) is 4.42. The van der Waals surface area contributed by atoms with Crippen molar-refractivity contribution >= 4 is 11.4 Å². The molecule has 0 aliphatic heterocycles. The van der Waals surface area contributed by atoms with Gasteiger partial charge in [-0.2, -0.15) is 5.10 Å². The van der Waals surface area contributed by atoms with Gasteiger partial charge in [-0.3, -0.25) is 4.68 Å². The van der Waals surface area contributed by atoms with Crippen LogP contribution in [0.2, 0.25) is 0 Å². The Hall–Kier alpha value is -1.97. The third kappa shape index (κ3) is 2.58. The van der Waals surface area contributed by atoms with E-state index in [1.165, 1.54) is 11.1 Å². The van der Waals surface area contributed by atoms with Gasteiger partial charge in [0.25, 0.3) is 0 Å². The summed E-state index contributed by atoms with van der Waals surface area (Å²) in [7, 11) is 3.99. The summed E-state index contributed by atoms with van der Waals surface area (Å²) in [6.45, 7) is 2.92. The Balaban J connectivity index is 2.19. The fourth-order valence-electron chi connectivity index (χ4n) is 1.95. The molecule has 0 amide bonds. The van der Waals surface area contributed by atoms with Crippen LogP contribution in [0.1, 0.15) is 11.1 Å². The summed E-state index contributed by atoms with van der Waals surface area (Å²) in [5.41, 5.74) is 10.2. The Bertz CT molecular complexity index is 516. The maximum absolute atomic E-state index is 5.82. The van der Waals surface area contributed by atoms with Crippen molar-refractivity contribution in [1.29, 1.82) is 0 Å². The standard InChI is InChI=1S/C13H18N4/c1-10-4-5-12(14)6-13(10)16(2)8-11-7-15-17(3)9-11/h4-7,9H,8,14H2,1-3H3. The van der Waals surface area contributed by atoms with E-state index >= 15 is 0 Å². The fraction of sp³-hybridized carbons (Fsp3) is 0.308. The molecule has 1 aromatic carbocycles. The number of aryl methyl sites for hydroxylation is 2. The lowest BCUT2D eigenvalue weighted by Crippen LogP contribution is -2.17. The molecule has 17 heavy (non-hydrogen) atoms. The first-order valence-electron chi connectivity index (χ1n) is 5.61. The van der Waals surface area contributed by atoms with Crippen LogP contribution in [-0.4, -0.2) is 16.8 Å². The van der Waals surface area contributed by atoms with Crippen molar-refractivity contribution < 1.29 is 0 Å². The maximum atomic E-state index is 5.82. The molecule has 2 rings (SSSR count). The minimum Gasteiger partial charge on any atom is -0.399 e. The number of hydrogen-bond acceptors (Lipinski definition) is 3. The van der Waals surface area contributed by atoms with E-state index in [9.17, 15) is 0 Å². The Morgan fingerprint density at radius 2 is 2.18 bits per heavy atom. The molecule has 0 radical (unpaired) electrons. The third-order valence-electron chi connectivity index (χ3n) is 2.82. The lowest BCUT2D eigenvalue weighted by Gasteiger charge is -2.21. The molecule has 4 nitrogen and oxygen atoms in total. The second kappa shape index (κ2) is 4.49. The molecular weight excluding hydrogens is 212 g/mol. The summed E-state index contributed by atoms with van der Waals surface area (Å²) in [6, 6.07) is 5.98. The van der Waals surface area contributed by atoms with Crippen molar-refractivity contribution in [3.8, 4) is 0 Å². The summed E-state index contributed by atoms with van der Waals surface area (Å²) in [5, 5.41) is 4.17. The number of nitrogens with two attached hydrogens (primary N) is 1. The predicted molar refractivity (Wildman–Crippen MR) is 70.9 cm³/mol. The minimum atomic E-state index is 0.795. The van der Waals surface area contributed by atoms with Crippen LogP contribution in [-0.2, 0) is 13.6 Å². The van der Waals surface area contributed by atoms with Gasteiger partial charge in [-0.15, -0.1) is 0 Å². The smallest absolute Gasteiger partial charge is 0.0539 e. The van der Waals surface area contributed by atoms with Crippen LogP contribution in [0, 0.1) is 6.92 Å². The molecule has 0 atom stereocenters. The molecule has 0 bridgehead atoms. The van der Waals surface area contributed by atoms with Crippen molar-refractivity contribution in [2.75, 3.05) is 17.7 Å². The van der Waals surface area contributed by atoms with E-state index in [1.807, 2.05) is 42.3 Å². The number of hydrogen-bond donors (Lipinski definition) is 1. The van der Waals surface area contributed by atoms with Crippen LogP contribution in [0.4, 0.5) is 11.4 Å². The Morgan fingerprint density at radius 3 is 2.82 bits per heavy atom. The average Bonchev–Trinajstić information content (AvgIpc) is 2.67. The van der Waals surface area contributed by atoms with Crippen LogP contribution < -0.4 is 10.6 Å². The molecule has 0 saturated carbocycles. The summed E-state index contributed by atoms with van der Waals surface area (Å²) >= 11 is 0. The number of rotatable bonds is 3. The van der Waals surface area contributed by atoms with Crippen LogP contribution in [0.15, 0.2) is 30.6 Å². The SMILES string of the molecule is Cc1ccc(N)cc1N(C)Cc1cnn(C)c1. The predicted octanol–water partition coefficient (Wildman–Crippen LogP) is 1.95. The molecule has 0 fully saturated rings. The Kier molecular flexibility index (Phi) is 3.04. The van der Waals surface area contributed by atoms with Crippen molar-refractivity contribution in [3.05, 3.63) is 41.7 Å². The van der Waals surface area contributed by atoms with Crippen molar-refractivity contribution in [2.24, 2.45) is 7.05 Å². The first-order chi connectivity index (χ1) is 8.06.